The zero-order valence-electron chi connectivity index (χ0n) is 19.6. The number of halogens is 1. The average molecular weight is 457 g/mol. The fourth-order valence-corrected chi connectivity index (χ4v) is 3.92. The van der Waals surface area contributed by atoms with Gasteiger partial charge in [0.15, 0.2) is 0 Å². The zero-order valence-corrected chi connectivity index (χ0v) is 19.6. The van der Waals surface area contributed by atoms with Gasteiger partial charge in [-0.2, -0.15) is 10.1 Å². The Morgan fingerprint density at radius 1 is 1.03 bits per heavy atom. The number of fused-ring (bicyclic) bond motifs is 1. The molecule has 0 saturated heterocycles. The Balaban J connectivity index is 1.64. The number of nitrogens with one attached hydrogen (secondary N) is 1. The minimum Gasteiger partial charge on any atom is -0.372 e. The van der Waals surface area contributed by atoms with Crippen LogP contribution in [0, 0.1) is 31.0 Å². The Labute approximate surface area is 197 Å². The predicted molar refractivity (Wildman–Crippen MR) is 131 cm³/mol. The Morgan fingerprint density at radius 2 is 1.74 bits per heavy atom. The van der Waals surface area contributed by atoms with E-state index in [0.29, 0.717) is 16.7 Å². The monoisotopic (exact) mass is 456 g/mol. The van der Waals surface area contributed by atoms with Crippen molar-refractivity contribution in [1.29, 1.82) is 5.26 Å². The fraction of sp³-hybridized carbons (Fsp3) is 0.231. The Kier molecular flexibility index (Phi) is 6.28. The zero-order chi connectivity index (χ0) is 24.4. The number of rotatable bonds is 6. The first-order chi connectivity index (χ1) is 16.3. The van der Waals surface area contributed by atoms with E-state index in [1.165, 1.54) is 12.1 Å². The molecule has 4 aromatic rings. The molecule has 0 aliphatic heterocycles. The van der Waals surface area contributed by atoms with E-state index in [1.807, 2.05) is 32.0 Å². The van der Waals surface area contributed by atoms with E-state index < -0.39 is 11.7 Å². The molecule has 0 bridgehead atoms. The van der Waals surface area contributed by atoms with E-state index in [1.54, 1.807) is 10.9 Å². The standard InChI is InChI=1S/C26H25FN6O/c1-5-32(6-2)19-8-10-25(17(4)11-19)33-30-23-12-16(3)22(14-24(23)31-33)29-26(34)20-9-7-18(15-28)13-21(20)27/h7-14H,5-6H2,1-4H3,(H,29,34). The Morgan fingerprint density at radius 3 is 2.35 bits per heavy atom. The molecule has 0 aliphatic carbocycles. The molecule has 0 radical (unpaired) electrons. The molecule has 0 fully saturated rings. The van der Waals surface area contributed by atoms with Crippen molar-refractivity contribution in [3.05, 3.63) is 76.6 Å². The lowest BCUT2D eigenvalue weighted by atomic mass is 10.1. The quantitative estimate of drug-likeness (QED) is 0.434. The van der Waals surface area contributed by atoms with Crippen LogP contribution in [-0.4, -0.2) is 34.0 Å². The van der Waals surface area contributed by atoms with Crippen LogP contribution in [0.2, 0.25) is 0 Å². The first kappa shape index (κ1) is 22.9. The molecule has 1 aromatic heterocycles. The lowest BCUT2D eigenvalue weighted by Crippen LogP contribution is -2.21. The van der Waals surface area contributed by atoms with Crippen LogP contribution in [0.3, 0.4) is 0 Å². The van der Waals surface area contributed by atoms with E-state index in [0.717, 1.165) is 41.7 Å². The molecular formula is C26H25FN6O. The van der Waals surface area contributed by atoms with Gasteiger partial charge in [0.2, 0.25) is 0 Å². The van der Waals surface area contributed by atoms with Gasteiger partial charge in [0.25, 0.3) is 5.91 Å². The summed E-state index contributed by atoms with van der Waals surface area (Å²) in [6.45, 7) is 9.98. The summed E-state index contributed by atoms with van der Waals surface area (Å²) in [6, 6.07) is 15.4. The van der Waals surface area contributed by atoms with E-state index in [-0.39, 0.29) is 11.1 Å². The summed E-state index contributed by atoms with van der Waals surface area (Å²) in [6.07, 6.45) is 0. The van der Waals surface area contributed by atoms with Gasteiger partial charge < -0.3 is 10.2 Å². The Hall–Kier alpha value is -4.25. The van der Waals surface area contributed by atoms with Gasteiger partial charge in [0, 0.05) is 24.5 Å². The summed E-state index contributed by atoms with van der Waals surface area (Å²) in [7, 11) is 0. The van der Waals surface area contributed by atoms with Gasteiger partial charge in [-0.15, -0.1) is 10.2 Å². The third kappa shape index (κ3) is 4.33. The van der Waals surface area contributed by atoms with Crippen molar-refractivity contribution in [3.63, 3.8) is 0 Å². The second kappa shape index (κ2) is 9.32. The molecule has 1 heterocycles. The van der Waals surface area contributed by atoms with Gasteiger partial charge in [-0.1, -0.05) is 0 Å². The smallest absolute Gasteiger partial charge is 0.258 e. The van der Waals surface area contributed by atoms with Crippen molar-refractivity contribution in [2.75, 3.05) is 23.3 Å². The van der Waals surface area contributed by atoms with Gasteiger partial charge >= 0.3 is 0 Å². The van der Waals surface area contributed by atoms with Crippen LogP contribution in [0.15, 0.2) is 48.5 Å². The largest absolute Gasteiger partial charge is 0.372 e. The molecule has 4 rings (SSSR count). The molecule has 0 atom stereocenters. The first-order valence-electron chi connectivity index (χ1n) is 11.1. The number of benzene rings is 3. The molecule has 0 spiro atoms. The molecule has 1 amide bonds. The number of carbonyl (C=O) groups is 1. The number of amides is 1. The van der Waals surface area contributed by atoms with E-state index >= 15 is 0 Å². The summed E-state index contributed by atoms with van der Waals surface area (Å²) in [5, 5.41) is 20.9. The fourth-order valence-electron chi connectivity index (χ4n) is 3.92. The van der Waals surface area contributed by atoms with Crippen LogP contribution < -0.4 is 10.2 Å². The number of carbonyl (C=O) groups excluding carboxylic acids is 1. The van der Waals surface area contributed by atoms with Gasteiger partial charge in [0.1, 0.15) is 16.9 Å². The number of aryl methyl sites for hydroxylation is 2. The highest BCUT2D eigenvalue weighted by Gasteiger charge is 2.16. The van der Waals surface area contributed by atoms with Gasteiger partial charge in [-0.05, 0) is 87.4 Å². The number of nitriles is 1. The normalized spacial score (nSPS) is 10.8. The van der Waals surface area contributed by atoms with Crippen molar-refractivity contribution in [1.82, 2.24) is 15.0 Å². The van der Waals surface area contributed by atoms with Crippen LogP contribution in [0.25, 0.3) is 16.7 Å². The highest BCUT2D eigenvalue weighted by molar-refractivity contribution is 6.05. The van der Waals surface area contributed by atoms with E-state index in [9.17, 15) is 9.18 Å². The third-order valence-corrected chi connectivity index (χ3v) is 5.84. The lowest BCUT2D eigenvalue weighted by molar-refractivity contribution is 0.102. The van der Waals surface area contributed by atoms with Crippen molar-refractivity contribution in [2.45, 2.75) is 27.7 Å². The van der Waals surface area contributed by atoms with Crippen LogP contribution >= 0.6 is 0 Å². The van der Waals surface area contributed by atoms with Crippen LogP contribution in [0.1, 0.15) is 40.9 Å². The number of hydrogen-bond donors (Lipinski definition) is 1. The Bertz CT molecular complexity index is 1430. The predicted octanol–water partition coefficient (Wildman–Crippen LogP) is 5.15. The molecule has 1 N–H and O–H groups in total. The maximum atomic E-state index is 14.3. The summed E-state index contributed by atoms with van der Waals surface area (Å²) < 4.78 is 14.3. The third-order valence-electron chi connectivity index (χ3n) is 5.84. The molecular weight excluding hydrogens is 431 g/mol. The summed E-state index contributed by atoms with van der Waals surface area (Å²) >= 11 is 0. The lowest BCUT2D eigenvalue weighted by Gasteiger charge is -2.22. The van der Waals surface area contributed by atoms with Crippen molar-refractivity contribution in [3.8, 4) is 11.8 Å². The van der Waals surface area contributed by atoms with E-state index in [4.69, 9.17) is 5.26 Å². The number of hydrogen-bond acceptors (Lipinski definition) is 5. The van der Waals surface area contributed by atoms with Crippen LogP contribution in [0.4, 0.5) is 15.8 Å². The molecule has 8 heteroatoms. The number of anilines is 2. The molecule has 0 aliphatic rings. The minimum absolute atomic E-state index is 0.133. The highest BCUT2D eigenvalue weighted by atomic mass is 19.1. The summed E-state index contributed by atoms with van der Waals surface area (Å²) in [5.41, 5.74) is 5.67. The second-order valence-corrected chi connectivity index (χ2v) is 8.05. The molecule has 0 saturated carbocycles. The summed E-state index contributed by atoms with van der Waals surface area (Å²) in [5.74, 6) is -1.34. The molecule has 172 valence electrons. The van der Waals surface area contributed by atoms with Gasteiger partial charge in [0.05, 0.1) is 22.9 Å². The minimum atomic E-state index is -0.746. The molecule has 34 heavy (non-hydrogen) atoms. The maximum Gasteiger partial charge on any atom is 0.258 e. The second-order valence-electron chi connectivity index (χ2n) is 8.05. The van der Waals surface area contributed by atoms with Gasteiger partial charge in [-0.3, -0.25) is 4.79 Å². The highest BCUT2D eigenvalue weighted by Crippen LogP contribution is 2.25. The maximum absolute atomic E-state index is 14.3. The first-order valence-corrected chi connectivity index (χ1v) is 11.1. The number of aromatic nitrogens is 3. The van der Waals surface area contributed by atoms with Gasteiger partial charge in [-0.25, -0.2) is 4.39 Å². The summed E-state index contributed by atoms with van der Waals surface area (Å²) in [4.78, 5) is 16.5. The number of nitrogens with zero attached hydrogens (tertiary/aromatic N) is 5. The van der Waals surface area contributed by atoms with Crippen molar-refractivity contribution in [2.24, 2.45) is 0 Å². The average Bonchev–Trinajstić information content (AvgIpc) is 3.22. The van der Waals surface area contributed by atoms with Crippen LogP contribution in [-0.2, 0) is 0 Å². The topological polar surface area (TPSA) is 86.8 Å². The molecule has 0 unspecified atom stereocenters. The van der Waals surface area contributed by atoms with Crippen LogP contribution in [0.5, 0.6) is 0 Å². The van der Waals surface area contributed by atoms with Crippen molar-refractivity contribution < 1.29 is 9.18 Å². The van der Waals surface area contributed by atoms with E-state index in [2.05, 4.69) is 46.4 Å². The van der Waals surface area contributed by atoms with Crippen molar-refractivity contribution >= 4 is 28.3 Å². The SMILES string of the molecule is CCN(CC)c1ccc(-n2nc3cc(C)c(NC(=O)c4ccc(C#N)cc4F)cc3n2)c(C)c1. The molecule has 3 aromatic carbocycles. The molecule has 7 nitrogen and oxygen atoms in total.